The van der Waals surface area contributed by atoms with Crippen molar-refractivity contribution in [3.05, 3.63) is 65.2 Å². The van der Waals surface area contributed by atoms with E-state index in [0.29, 0.717) is 16.9 Å². The average molecular weight is 335 g/mol. The third kappa shape index (κ3) is 4.80. The molecule has 0 aliphatic heterocycles. The Labute approximate surface area is 135 Å². The van der Waals surface area contributed by atoms with E-state index in [2.05, 4.69) is 8.91 Å². The maximum atomic E-state index is 11.9. The molecule has 2 rings (SSSR count). The molecule has 0 saturated carbocycles. The average Bonchev–Trinajstić information content (AvgIpc) is 2.53. The lowest BCUT2D eigenvalue weighted by Crippen LogP contribution is -2.28. The van der Waals surface area contributed by atoms with Crippen molar-refractivity contribution in [3.8, 4) is 5.75 Å². The number of benzene rings is 2. The van der Waals surface area contributed by atoms with Crippen LogP contribution in [0.15, 0.2) is 48.5 Å². The first-order chi connectivity index (χ1) is 10.9. The van der Waals surface area contributed by atoms with Gasteiger partial charge in [0.2, 0.25) is 0 Å². The molecular formula is C16H17NO5S. The van der Waals surface area contributed by atoms with Crippen LogP contribution in [0, 0.1) is 6.92 Å². The van der Waals surface area contributed by atoms with E-state index in [9.17, 15) is 13.2 Å². The van der Waals surface area contributed by atoms with Crippen LogP contribution in [-0.2, 0) is 21.0 Å². The molecular weight excluding hydrogens is 318 g/mol. The van der Waals surface area contributed by atoms with Crippen LogP contribution in [0.1, 0.15) is 21.5 Å². The van der Waals surface area contributed by atoms with E-state index in [1.165, 1.54) is 6.07 Å². The minimum atomic E-state index is -4.19. The Morgan fingerprint density at radius 1 is 1.09 bits per heavy atom. The van der Waals surface area contributed by atoms with Gasteiger partial charge in [0.15, 0.2) is 0 Å². The van der Waals surface area contributed by atoms with E-state index in [0.717, 1.165) is 0 Å². The Hall–Kier alpha value is -2.38. The minimum absolute atomic E-state index is 0.00732. The van der Waals surface area contributed by atoms with Crippen molar-refractivity contribution in [2.24, 2.45) is 0 Å². The molecule has 0 heterocycles. The second kappa shape index (κ2) is 7.26. The number of hydrogen-bond donors (Lipinski definition) is 1. The van der Waals surface area contributed by atoms with Crippen LogP contribution in [0.2, 0.25) is 0 Å². The molecule has 0 bridgehead atoms. The maximum Gasteiger partial charge on any atom is 0.385 e. The number of hydrogen-bond acceptors (Lipinski definition) is 5. The summed E-state index contributed by atoms with van der Waals surface area (Å²) in [6, 6.07) is 13.5. The summed E-state index contributed by atoms with van der Waals surface area (Å²) in [4.78, 5) is 11.9. The monoisotopic (exact) mass is 335 g/mol. The van der Waals surface area contributed by atoms with Crippen LogP contribution in [0.4, 0.5) is 0 Å². The van der Waals surface area contributed by atoms with Gasteiger partial charge < -0.3 is 8.92 Å². The van der Waals surface area contributed by atoms with Crippen molar-refractivity contribution in [1.29, 1.82) is 0 Å². The van der Waals surface area contributed by atoms with Crippen LogP contribution >= 0.6 is 0 Å². The van der Waals surface area contributed by atoms with Gasteiger partial charge in [0.1, 0.15) is 5.75 Å². The molecule has 0 aliphatic carbocycles. The van der Waals surface area contributed by atoms with Gasteiger partial charge in [-0.1, -0.05) is 30.3 Å². The number of aryl methyl sites for hydroxylation is 1. The summed E-state index contributed by atoms with van der Waals surface area (Å²) in [5.74, 6) is -0.243. The molecule has 7 heteroatoms. The maximum absolute atomic E-state index is 11.9. The topological polar surface area (TPSA) is 81.7 Å². The molecule has 0 unspecified atom stereocenters. The number of carbonyl (C=O) groups excluding carboxylic acids is 1. The normalized spacial score (nSPS) is 11.0. The standard InChI is InChI=1S/C16H17NO5S/c1-12-5-3-4-6-15(12)16(18)22-23(19,20)17-11-13-7-9-14(21-2)10-8-13/h3-10,17H,11H2,1-2H3. The molecule has 0 amide bonds. The summed E-state index contributed by atoms with van der Waals surface area (Å²) in [6.07, 6.45) is 0. The van der Waals surface area contributed by atoms with E-state index < -0.39 is 16.3 Å². The van der Waals surface area contributed by atoms with E-state index in [1.54, 1.807) is 56.5 Å². The first-order valence-electron chi connectivity index (χ1n) is 6.83. The molecule has 0 fully saturated rings. The molecule has 122 valence electrons. The summed E-state index contributed by atoms with van der Waals surface area (Å²) in [5, 5.41) is 0. The SMILES string of the molecule is COc1ccc(CNS(=O)(=O)OC(=O)c2ccccc2C)cc1. The van der Waals surface area contributed by atoms with Gasteiger partial charge in [-0.3, -0.25) is 0 Å². The molecule has 0 atom stereocenters. The lowest BCUT2D eigenvalue weighted by atomic mass is 10.1. The lowest BCUT2D eigenvalue weighted by molar-refractivity contribution is 0.0743. The van der Waals surface area contributed by atoms with Crippen LogP contribution < -0.4 is 9.46 Å². The van der Waals surface area contributed by atoms with Gasteiger partial charge in [-0.2, -0.15) is 13.1 Å². The number of nitrogens with one attached hydrogen (secondary N) is 1. The van der Waals surface area contributed by atoms with Crippen molar-refractivity contribution in [2.75, 3.05) is 7.11 Å². The zero-order chi connectivity index (χ0) is 16.9. The summed E-state index contributed by atoms with van der Waals surface area (Å²) < 4.78 is 35.5. The predicted octanol–water partition coefficient (Wildman–Crippen LogP) is 2.20. The van der Waals surface area contributed by atoms with Gasteiger partial charge in [0.05, 0.1) is 12.7 Å². The molecule has 0 radical (unpaired) electrons. The zero-order valence-electron chi connectivity index (χ0n) is 12.8. The first kappa shape index (κ1) is 17.0. The molecule has 0 aliphatic rings. The highest BCUT2D eigenvalue weighted by atomic mass is 32.2. The number of carbonyl (C=O) groups is 1. The third-order valence-electron chi connectivity index (χ3n) is 3.16. The van der Waals surface area contributed by atoms with Gasteiger partial charge >= 0.3 is 16.3 Å². The van der Waals surface area contributed by atoms with Crippen molar-refractivity contribution in [3.63, 3.8) is 0 Å². The Morgan fingerprint density at radius 3 is 2.35 bits per heavy atom. The lowest BCUT2D eigenvalue weighted by Gasteiger charge is -2.09. The fourth-order valence-corrected chi connectivity index (χ4v) is 2.58. The van der Waals surface area contributed by atoms with Crippen molar-refractivity contribution in [2.45, 2.75) is 13.5 Å². The number of rotatable bonds is 6. The van der Waals surface area contributed by atoms with Gasteiger partial charge in [0, 0.05) is 6.54 Å². The van der Waals surface area contributed by atoms with Gasteiger partial charge in [-0.25, -0.2) is 4.79 Å². The van der Waals surface area contributed by atoms with Crippen LogP contribution in [-0.4, -0.2) is 21.5 Å². The van der Waals surface area contributed by atoms with Gasteiger partial charge in [-0.15, -0.1) is 0 Å². The van der Waals surface area contributed by atoms with E-state index in [4.69, 9.17) is 4.74 Å². The van der Waals surface area contributed by atoms with Crippen LogP contribution in [0.25, 0.3) is 0 Å². The highest BCUT2D eigenvalue weighted by molar-refractivity contribution is 7.85. The largest absolute Gasteiger partial charge is 0.497 e. The molecule has 1 N–H and O–H groups in total. The zero-order valence-corrected chi connectivity index (χ0v) is 13.6. The van der Waals surface area contributed by atoms with Crippen molar-refractivity contribution >= 4 is 16.3 Å². The smallest absolute Gasteiger partial charge is 0.385 e. The van der Waals surface area contributed by atoms with Gasteiger partial charge in [0.25, 0.3) is 0 Å². The molecule has 0 spiro atoms. The molecule has 0 saturated heterocycles. The fourth-order valence-electron chi connectivity index (χ4n) is 1.89. The number of ether oxygens (including phenoxy) is 1. The van der Waals surface area contributed by atoms with Crippen LogP contribution in [0.5, 0.6) is 5.75 Å². The minimum Gasteiger partial charge on any atom is -0.497 e. The molecule has 23 heavy (non-hydrogen) atoms. The van der Waals surface area contributed by atoms with E-state index >= 15 is 0 Å². The highest BCUT2D eigenvalue weighted by Crippen LogP contribution is 2.12. The van der Waals surface area contributed by atoms with Crippen LogP contribution in [0.3, 0.4) is 0 Å². The first-order valence-corrected chi connectivity index (χ1v) is 8.24. The Bertz CT molecular complexity index is 784. The van der Waals surface area contributed by atoms with Crippen molar-refractivity contribution in [1.82, 2.24) is 4.72 Å². The fraction of sp³-hybridized carbons (Fsp3) is 0.188. The Balaban J connectivity index is 1.99. The Morgan fingerprint density at radius 2 is 1.74 bits per heavy atom. The van der Waals surface area contributed by atoms with E-state index in [-0.39, 0.29) is 12.1 Å². The summed E-state index contributed by atoms with van der Waals surface area (Å²) >= 11 is 0. The van der Waals surface area contributed by atoms with Gasteiger partial charge in [-0.05, 0) is 36.2 Å². The number of methoxy groups -OCH3 is 1. The Kier molecular flexibility index (Phi) is 5.36. The molecule has 2 aromatic carbocycles. The molecule has 0 aromatic heterocycles. The van der Waals surface area contributed by atoms with Crippen molar-refractivity contribution < 1.29 is 22.1 Å². The second-order valence-corrected chi connectivity index (χ2v) is 6.17. The summed E-state index contributed by atoms with van der Waals surface area (Å²) in [6.45, 7) is 1.71. The second-order valence-electron chi connectivity index (χ2n) is 4.81. The highest BCUT2D eigenvalue weighted by Gasteiger charge is 2.19. The predicted molar refractivity (Wildman–Crippen MR) is 85.3 cm³/mol. The summed E-state index contributed by atoms with van der Waals surface area (Å²) in [5.41, 5.74) is 1.56. The van der Waals surface area contributed by atoms with E-state index in [1.807, 2.05) is 0 Å². The molecule has 6 nitrogen and oxygen atoms in total. The summed E-state index contributed by atoms with van der Waals surface area (Å²) in [7, 11) is -2.65. The molecule has 2 aromatic rings. The third-order valence-corrected chi connectivity index (χ3v) is 4.03. The quantitative estimate of drug-likeness (QED) is 0.875.